The molecule has 16 nitrogen and oxygen atoms in total. The van der Waals surface area contributed by atoms with Gasteiger partial charge in [0.25, 0.3) is 23.6 Å². The normalized spacial score (nSPS) is 12.0. The number of ether oxygens (including phenoxy) is 2. The molecule has 2 atom stereocenters. The molecule has 0 spiro atoms. The molecular weight excluding hydrogens is 652 g/mol. The van der Waals surface area contributed by atoms with E-state index in [1.54, 1.807) is 48.5 Å². The average molecular weight is 685 g/mol. The number of carboxylic acid groups (broad SMARTS) is 2. The zero-order chi connectivity index (χ0) is 35.6. The zero-order valence-electron chi connectivity index (χ0n) is 26.9. The lowest BCUT2D eigenvalue weighted by Gasteiger charge is -2.16. The van der Waals surface area contributed by atoms with Gasteiger partial charge in [-0.3, -0.25) is 19.2 Å². The number of hydrogen-bond acceptors (Lipinski definition) is 12. The van der Waals surface area contributed by atoms with Crippen LogP contribution in [0.15, 0.2) is 81.6 Å². The molecule has 0 bridgehead atoms. The minimum absolute atomic E-state index is 0.0253. The summed E-state index contributed by atoms with van der Waals surface area (Å²) in [6, 6.07) is 17.7. The average Bonchev–Trinajstić information content (AvgIpc) is 3.82. The molecule has 0 unspecified atom stereocenters. The van der Waals surface area contributed by atoms with Crippen LogP contribution in [0.2, 0.25) is 0 Å². The molecule has 2 heterocycles. The SMILES string of the molecule is COc1ccccc1-c1nnc([C@H](CCC(=O)O)NC(=O)c2cccc(C(=O)N[C@@H](CCC(=O)O)c3nnc(-c4ccccc4OC)o3)c2)o1. The lowest BCUT2D eigenvalue weighted by Crippen LogP contribution is -2.31. The third-order valence-corrected chi connectivity index (χ3v) is 7.44. The number of hydrogen-bond donors (Lipinski definition) is 4. The quantitative estimate of drug-likeness (QED) is 0.112. The van der Waals surface area contributed by atoms with Crippen molar-refractivity contribution in [2.75, 3.05) is 14.2 Å². The first-order valence-corrected chi connectivity index (χ1v) is 15.3. The van der Waals surface area contributed by atoms with Crippen molar-refractivity contribution in [3.05, 3.63) is 95.7 Å². The van der Waals surface area contributed by atoms with Gasteiger partial charge in [-0.15, -0.1) is 20.4 Å². The summed E-state index contributed by atoms with van der Waals surface area (Å²) in [5.41, 5.74) is 1.16. The molecule has 4 N–H and O–H groups in total. The van der Waals surface area contributed by atoms with Gasteiger partial charge in [-0.2, -0.15) is 0 Å². The topological polar surface area (TPSA) is 229 Å². The number of benzene rings is 3. The van der Waals surface area contributed by atoms with Crippen molar-refractivity contribution in [3.63, 3.8) is 0 Å². The van der Waals surface area contributed by atoms with Crippen LogP contribution >= 0.6 is 0 Å². The largest absolute Gasteiger partial charge is 0.496 e. The maximum absolute atomic E-state index is 13.4. The first-order valence-electron chi connectivity index (χ1n) is 15.3. The van der Waals surface area contributed by atoms with Crippen molar-refractivity contribution in [3.8, 4) is 34.4 Å². The number of para-hydroxylation sites is 2. The van der Waals surface area contributed by atoms with E-state index >= 15 is 0 Å². The highest BCUT2D eigenvalue weighted by Gasteiger charge is 2.26. The van der Waals surface area contributed by atoms with Gasteiger partial charge in [-0.05, 0) is 55.3 Å². The van der Waals surface area contributed by atoms with Gasteiger partial charge in [-0.1, -0.05) is 30.3 Å². The molecule has 5 rings (SSSR count). The van der Waals surface area contributed by atoms with Gasteiger partial charge in [0.1, 0.15) is 23.6 Å². The van der Waals surface area contributed by atoms with Gasteiger partial charge in [-0.25, -0.2) is 0 Å². The lowest BCUT2D eigenvalue weighted by molar-refractivity contribution is -0.138. The first-order chi connectivity index (χ1) is 24.2. The second-order valence-corrected chi connectivity index (χ2v) is 10.8. The van der Waals surface area contributed by atoms with Crippen LogP contribution in [0, 0.1) is 0 Å². The second-order valence-electron chi connectivity index (χ2n) is 10.8. The van der Waals surface area contributed by atoms with Crippen molar-refractivity contribution in [1.29, 1.82) is 0 Å². The third kappa shape index (κ3) is 8.46. The Morgan fingerprint density at radius 2 is 1.06 bits per heavy atom. The summed E-state index contributed by atoms with van der Waals surface area (Å²) >= 11 is 0. The number of rotatable bonds is 16. The number of aromatic nitrogens is 4. The molecule has 16 heteroatoms. The summed E-state index contributed by atoms with van der Waals surface area (Å²) in [5.74, 6) is -2.36. The predicted octanol–water partition coefficient (Wildman–Crippen LogP) is 4.48. The number of nitrogens with zero attached hydrogens (tertiary/aromatic N) is 4. The molecule has 0 saturated carbocycles. The highest BCUT2D eigenvalue weighted by molar-refractivity contribution is 6.00. The van der Waals surface area contributed by atoms with Crippen LogP contribution in [0.1, 0.15) is 70.3 Å². The Bertz CT molecular complexity index is 1850. The molecule has 3 aromatic carbocycles. The van der Waals surface area contributed by atoms with Gasteiger partial charge < -0.3 is 39.2 Å². The number of aliphatic carboxylic acids is 2. The minimum atomic E-state index is -1.10. The third-order valence-electron chi connectivity index (χ3n) is 7.44. The Morgan fingerprint density at radius 3 is 1.46 bits per heavy atom. The molecule has 0 fully saturated rings. The molecule has 258 valence electrons. The molecule has 0 aliphatic heterocycles. The van der Waals surface area contributed by atoms with E-state index < -0.39 is 35.8 Å². The molecule has 50 heavy (non-hydrogen) atoms. The number of methoxy groups -OCH3 is 2. The summed E-state index contributed by atoms with van der Waals surface area (Å²) in [6.07, 6.45) is -0.764. The van der Waals surface area contributed by atoms with Crippen molar-refractivity contribution < 1.29 is 47.7 Å². The fourth-order valence-electron chi connectivity index (χ4n) is 4.95. The van der Waals surface area contributed by atoms with Crippen LogP contribution in [0.25, 0.3) is 22.9 Å². The summed E-state index contributed by atoms with van der Waals surface area (Å²) < 4.78 is 22.4. The van der Waals surface area contributed by atoms with Crippen LogP contribution in [0.5, 0.6) is 11.5 Å². The molecule has 5 aromatic rings. The molecule has 2 aromatic heterocycles. The van der Waals surface area contributed by atoms with Crippen LogP contribution < -0.4 is 20.1 Å². The predicted molar refractivity (Wildman–Crippen MR) is 173 cm³/mol. The van der Waals surface area contributed by atoms with E-state index in [4.69, 9.17) is 18.3 Å². The van der Waals surface area contributed by atoms with Crippen LogP contribution in [-0.2, 0) is 9.59 Å². The highest BCUT2D eigenvalue weighted by Crippen LogP contribution is 2.32. The Kier molecular flexibility index (Phi) is 11.1. The summed E-state index contributed by atoms with van der Waals surface area (Å²) in [4.78, 5) is 49.7. The number of nitrogens with one attached hydrogen (secondary N) is 2. The van der Waals surface area contributed by atoms with E-state index in [0.29, 0.717) is 22.6 Å². The van der Waals surface area contributed by atoms with E-state index in [1.165, 1.54) is 38.5 Å². The van der Waals surface area contributed by atoms with Gasteiger partial charge in [0.15, 0.2) is 0 Å². The van der Waals surface area contributed by atoms with Crippen molar-refractivity contribution in [2.24, 2.45) is 0 Å². The van der Waals surface area contributed by atoms with E-state index in [1.807, 2.05) is 0 Å². The summed E-state index contributed by atoms with van der Waals surface area (Å²) in [7, 11) is 2.97. The smallest absolute Gasteiger partial charge is 0.303 e. The lowest BCUT2D eigenvalue weighted by atomic mass is 10.1. The maximum atomic E-state index is 13.4. The Labute approximate surface area is 284 Å². The second kappa shape index (κ2) is 16.0. The van der Waals surface area contributed by atoms with E-state index in [0.717, 1.165) is 0 Å². The number of carboxylic acids is 2. The molecule has 0 saturated heterocycles. The maximum Gasteiger partial charge on any atom is 0.303 e. The van der Waals surface area contributed by atoms with Crippen molar-refractivity contribution in [1.82, 2.24) is 31.0 Å². The van der Waals surface area contributed by atoms with Crippen LogP contribution in [0.4, 0.5) is 0 Å². The van der Waals surface area contributed by atoms with E-state index in [-0.39, 0.29) is 60.4 Å². The van der Waals surface area contributed by atoms with Gasteiger partial charge >= 0.3 is 11.9 Å². The summed E-state index contributed by atoms with van der Waals surface area (Å²) in [5, 5.41) is 40.3. The Hall–Kier alpha value is -6.58. The molecule has 0 aliphatic rings. The van der Waals surface area contributed by atoms with Crippen molar-refractivity contribution in [2.45, 2.75) is 37.8 Å². The number of amides is 2. The number of carbonyl (C=O) groups excluding carboxylic acids is 2. The molecule has 0 radical (unpaired) electrons. The summed E-state index contributed by atoms with van der Waals surface area (Å²) in [6.45, 7) is 0. The van der Waals surface area contributed by atoms with Gasteiger partial charge in [0.05, 0.1) is 25.3 Å². The van der Waals surface area contributed by atoms with Gasteiger partial charge in [0, 0.05) is 24.0 Å². The highest BCUT2D eigenvalue weighted by atomic mass is 16.5. The van der Waals surface area contributed by atoms with Crippen molar-refractivity contribution >= 4 is 23.8 Å². The zero-order valence-corrected chi connectivity index (χ0v) is 26.9. The fraction of sp³-hybridized carbons (Fsp3) is 0.235. The molecule has 0 aliphatic carbocycles. The number of carbonyl (C=O) groups is 4. The molecular formula is C34H32N6O10. The Morgan fingerprint density at radius 1 is 0.640 bits per heavy atom. The van der Waals surface area contributed by atoms with E-state index in [2.05, 4.69) is 31.0 Å². The van der Waals surface area contributed by atoms with Crippen LogP contribution in [0.3, 0.4) is 0 Å². The fourth-order valence-corrected chi connectivity index (χ4v) is 4.95. The van der Waals surface area contributed by atoms with E-state index in [9.17, 15) is 29.4 Å². The monoisotopic (exact) mass is 684 g/mol. The first kappa shape index (κ1) is 34.7. The van der Waals surface area contributed by atoms with Crippen LogP contribution in [-0.4, -0.2) is 68.6 Å². The Balaban J connectivity index is 1.34. The standard InChI is InChI=1S/C34H32N6O10/c1-47-25-12-5-3-10-21(25)31-37-39-33(49-31)23(14-16-27(41)42)35-29(45)19-8-7-9-20(18-19)30(46)36-24(15-17-28(43)44)34-40-38-32(50-34)22-11-4-6-13-26(22)48-2/h3-13,18,23-24H,14-17H2,1-2H3,(H,35,45)(H,36,46)(H,41,42)(H,43,44)/t23-,24-/m0/s1. The molecule has 2 amide bonds. The van der Waals surface area contributed by atoms with Gasteiger partial charge in [0.2, 0.25) is 11.8 Å². The minimum Gasteiger partial charge on any atom is -0.496 e.